The number of nitrogens with zero attached hydrogens (tertiary/aromatic N) is 3. The zero-order chi connectivity index (χ0) is 48.5. The van der Waals surface area contributed by atoms with E-state index >= 15 is 0 Å². The Morgan fingerprint density at radius 1 is 0.352 bits per heavy atom. The summed E-state index contributed by atoms with van der Waals surface area (Å²) >= 11 is 7.62. The first-order chi connectivity index (χ1) is 34.7. The summed E-state index contributed by atoms with van der Waals surface area (Å²) in [5.74, 6) is -2.40. The summed E-state index contributed by atoms with van der Waals surface area (Å²) in [6, 6.07) is 68.3. The number of H-pyrrole nitrogens is 1. The van der Waals surface area contributed by atoms with Gasteiger partial charge in [0.05, 0.1) is 53.2 Å². The van der Waals surface area contributed by atoms with Gasteiger partial charge in [-0.1, -0.05) is 121 Å². The van der Waals surface area contributed by atoms with Gasteiger partial charge in [0.15, 0.2) is 0 Å². The number of hydrogen-bond acceptors (Lipinski definition) is 0. The van der Waals surface area contributed by atoms with Gasteiger partial charge in [0.25, 0.3) is 0 Å². The van der Waals surface area contributed by atoms with E-state index in [0.717, 1.165) is 49.3 Å². The Hall–Kier alpha value is -7.19. The van der Waals surface area contributed by atoms with Crippen LogP contribution in [0.4, 0.5) is 17.6 Å². The van der Waals surface area contributed by atoms with E-state index in [4.69, 9.17) is 0 Å². The second-order valence-electron chi connectivity index (χ2n) is 17.0. The molecule has 11 heteroatoms. The fraction of sp³-hybridized carbons (Fsp3) is 0. The minimum Gasteiger partial charge on any atom is -0.354 e. The van der Waals surface area contributed by atoms with Crippen molar-refractivity contribution in [1.82, 2.24) is 18.7 Å². The third kappa shape index (κ3) is 7.60. The van der Waals surface area contributed by atoms with Gasteiger partial charge in [0.1, 0.15) is 23.3 Å². The van der Waals surface area contributed by atoms with E-state index in [2.05, 4.69) is 179 Å². The smallest absolute Gasteiger partial charge is 0.142 e. The van der Waals surface area contributed by atoms with Gasteiger partial charge >= 0.3 is 0 Å². The van der Waals surface area contributed by atoms with Crippen molar-refractivity contribution in [1.29, 1.82) is 0 Å². The van der Waals surface area contributed by atoms with Crippen molar-refractivity contribution in [2.24, 2.45) is 0 Å². The number of fused-ring (bicyclic) bond motifs is 14. The van der Waals surface area contributed by atoms with Gasteiger partial charge in [-0.05, 0) is 139 Å². The molecule has 0 bridgehead atoms. The first kappa shape index (κ1) is 45.0. The monoisotopic (exact) mass is 1170 g/mol. The van der Waals surface area contributed by atoms with Gasteiger partial charge in [-0.25, -0.2) is 17.6 Å². The molecule has 71 heavy (non-hydrogen) atoms. The molecular weight excluding hydrogens is 1140 g/mol. The van der Waals surface area contributed by atoms with Crippen LogP contribution in [0.2, 0.25) is 0 Å². The minimum absolute atomic E-state index is 0.104. The molecule has 4 nitrogen and oxygen atoms in total. The quantitative estimate of drug-likeness (QED) is 0.0791. The number of rotatable bonds is 3. The van der Waals surface area contributed by atoms with Gasteiger partial charge in [-0.3, -0.25) is 0 Å². The highest BCUT2D eigenvalue weighted by atomic mass is 127. The van der Waals surface area contributed by atoms with Crippen molar-refractivity contribution in [3.63, 3.8) is 0 Å². The Labute approximate surface area is 433 Å². The molecule has 0 saturated carbocycles. The highest BCUT2D eigenvalue weighted by molar-refractivity contribution is 14.1. The molecule has 14 rings (SSSR count). The summed E-state index contributed by atoms with van der Waals surface area (Å²) in [7, 11) is 0. The summed E-state index contributed by atoms with van der Waals surface area (Å²) in [6.45, 7) is 0. The molecule has 1 N–H and O–H groups in total. The van der Waals surface area contributed by atoms with Gasteiger partial charge in [0.2, 0.25) is 0 Å². The molecule has 0 radical (unpaired) electrons. The van der Waals surface area contributed by atoms with Crippen molar-refractivity contribution >= 4 is 142 Å². The Morgan fingerprint density at radius 3 is 1.34 bits per heavy atom. The maximum absolute atomic E-state index is 14.7. The largest absolute Gasteiger partial charge is 0.354 e. The van der Waals surface area contributed by atoms with Crippen molar-refractivity contribution in [3.05, 3.63) is 242 Å². The number of nitrogens with one attached hydrogen (secondary N) is 1. The van der Waals surface area contributed by atoms with E-state index in [0.29, 0.717) is 9.26 Å². The van der Waals surface area contributed by atoms with Gasteiger partial charge in [0, 0.05) is 63.6 Å². The number of halogens is 7. The lowest BCUT2D eigenvalue weighted by atomic mass is 10.1. The lowest BCUT2D eigenvalue weighted by molar-refractivity contribution is 0.569. The van der Waals surface area contributed by atoms with Crippen LogP contribution in [-0.2, 0) is 0 Å². The molecule has 0 spiro atoms. The Bertz CT molecular complexity index is 4340. The van der Waals surface area contributed by atoms with Crippen LogP contribution in [-0.4, -0.2) is 18.7 Å². The fourth-order valence-corrected chi connectivity index (χ4v) is 11.1. The lowest BCUT2D eigenvalue weighted by Gasteiger charge is -2.11. The fourth-order valence-electron chi connectivity index (χ4n) is 10.1. The second-order valence-corrected chi connectivity index (χ2v) is 19.9. The standard InChI is InChI=1S/C30H17BrF2N2.C24H16N2.C6H2BrF2I/c31-29-23(32)16-19(17-24(29)33)35-25-12-6-4-10-20(25)21-14-15-27-28(30(21)35)22-11-5-7-13-26(22)34(27)18-8-2-1-3-9-18;1-2-8-16(9-3-1)26-21-13-7-5-11-19(21)23-22(26)15-14-18-17-10-4-6-12-20(17)25-24(18)23;7-6-4(8)1-3(10)2-5(6)9/h1-17H;1-15,25H;1-2H. The van der Waals surface area contributed by atoms with Crippen molar-refractivity contribution in [3.8, 4) is 17.1 Å². The predicted octanol–water partition coefficient (Wildman–Crippen LogP) is 18.7. The van der Waals surface area contributed by atoms with Crippen LogP contribution in [0, 0.1) is 26.8 Å². The number of hydrogen-bond donors (Lipinski definition) is 1. The van der Waals surface area contributed by atoms with Gasteiger partial charge in [-0.2, -0.15) is 0 Å². The Kier molecular flexibility index (Phi) is 11.5. The summed E-state index contributed by atoms with van der Waals surface area (Å²) in [5, 5.41) is 9.32. The topological polar surface area (TPSA) is 30.6 Å². The summed E-state index contributed by atoms with van der Waals surface area (Å²) in [6.07, 6.45) is 0. The maximum atomic E-state index is 14.7. The molecule has 0 aliphatic heterocycles. The zero-order valence-electron chi connectivity index (χ0n) is 37.1. The molecule has 344 valence electrons. The lowest BCUT2D eigenvalue weighted by Crippen LogP contribution is -1.98. The number of aromatic amines is 1. The first-order valence-corrected chi connectivity index (χ1v) is 25.3. The van der Waals surface area contributed by atoms with Crippen LogP contribution >= 0.6 is 54.5 Å². The molecule has 0 saturated heterocycles. The van der Waals surface area contributed by atoms with Crippen molar-refractivity contribution in [2.45, 2.75) is 0 Å². The minimum atomic E-state index is -0.634. The third-order valence-corrected chi connectivity index (χ3v) is 15.1. The summed E-state index contributed by atoms with van der Waals surface area (Å²) in [4.78, 5) is 3.66. The average molecular weight is 1170 g/mol. The van der Waals surface area contributed by atoms with E-state index in [1.54, 1.807) is 0 Å². The van der Waals surface area contributed by atoms with E-state index in [9.17, 15) is 17.6 Å². The molecular formula is C60H35Br2F4IN4. The highest BCUT2D eigenvalue weighted by Gasteiger charge is 2.22. The van der Waals surface area contributed by atoms with Gasteiger partial charge in [-0.15, -0.1) is 0 Å². The average Bonchev–Trinajstić information content (AvgIpc) is 4.14. The molecule has 0 atom stereocenters. The third-order valence-electron chi connectivity index (χ3n) is 13.0. The van der Waals surface area contributed by atoms with E-state index < -0.39 is 23.3 Å². The predicted molar refractivity (Wildman–Crippen MR) is 300 cm³/mol. The maximum Gasteiger partial charge on any atom is 0.142 e. The Balaban J connectivity index is 0.000000126. The molecule has 0 aliphatic carbocycles. The first-order valence-electron chi connectivity index (χ1n) is 22.6. The summed E-state index contributed by atoms with van der Waals surface area (Å²) in [5.41, 5.74) is 11.5. The number of para-hydroxylation sites is 6. The number of benzene rings is 10. The normalized spacial score (nSPS) is 11.6. The molecule has 10 aromatic carbocycles. The van der Waals surface area contributed by atoms with Gasteiger partial charge < -0.3 is 18.7 Å². The van der Waals surface area contributed by atoms with E-state index in [1.807, 2.05) is 75.7 Å². The molecule has 4 heterocycles. The zero-order valence-corrected chi connectivity index (χ0v) is 42.4. The van der Waals surface area contributed by atoms with Crippen molar-refractivity contribution in [2.75, 3.05) is 0 Å². The second kappa shape index (κ2) is 18.2. The van der Waals surface area contributed by atoms with E-state index in [-0.39, 0.29) is 8.95 Å². The SMILES string of the molecule is Fc1cc(-n2c3ccccc3c3ccc4c(c5ccccc5n4-c4ccccc4)c32)cc(F)c1Br.Fc1cc(I)cc(F)c1Br.c1ccc(-n2c3ccccc3c3c4[nH]c5ccccc5c4ccc32)cc1. The Morgan fingerprint density at radius 2 is 0.775 bits per heavy atom. The molecule has 0 aliphatic rings. The van der Waals surface area contributed by atoms with Crippen LogP contribution in [0.5, 0.6) is 0 Å². The van der Waals surface area contributed by atoms with Crippen LogP contribution in [0.3, 0.4) is 0 Å². The molecule has 4 aromatic heterocycles. The molecule has 0 amide bonds. The summed E-state index contributed by atoms with van der Waals surface area (Å²) < 4.78 is 61.4. The molecule has 14 aromatic rings. The van der Waals surface area contributed by atoms with Crippen molar-refractivity contribution < 1.29 is 17.6 Å². The van der Waals surface area contributed by atoms with Crippen LogP contribution in [0.1, 0.15) is 0 Å². The van der Waals surface area contributed by atoms with E-state index in [1.165, 1.54) is 73.6 Å². The highest BCUT2D eigenvalue weighted by Crippen LogP contribution is 2.43. The number of aromatic nitrogens is 4. The van der Waals surface area contributed by atoms with Crippen LogP contribution in [0.25, 0.3) is 104 Å². The molecule has 0 unspecified atom stereocenters. The van der Waals surface area contributed by atoms with Crippen LogP contribution in [0.15, 0.2) is 215 Å². The van der Waals surface area contributed by atoms with Crippen LogP contribution < -0.4 is 0 Å². The molecule has 0 fully saturated rings.